The number of benzene rings is 5. The zero-order valence-electron chi connectivity index (χ0n) is 24.1. The first-order valence-electron chi connectivity index (χ1n) is 14.5. The molecule has 0 unspecified atom stereocenters. The number of amides is 4. The van der Waals surface area contributed by atoms with Gasteiger partial charge in [-0.2, -0.15) is 0 Å². The molecule has 1 N–H and O–H groups in total. The summed E-state index contributed by atoms with van der Waals surface area (Å²) in [4.78, 5) is 69.2. The molecule has 220 valence electrons. The molecule has 8 nitrogen and oxygen atoms in total. The van der Waals surface area contributed by atoms with Gasteiger partial charge in [-0.1, -0.05) is 73.3 Å². The van der Waals surface area contributed by atoms with Crippen molar-refractivity contribution in [1.29, 1.82) is 0 Å². The average molecular weight is 603 g/mol. The van der Waals surface area contributed by atoms with E-state index in [0.29, 0.717) is 5.69 Å². The summed E-state index contributed by atoms with van der Waals surface area (Å²) in [7, 11) is 0. The first-order valence-corrected chi connectivity index (χ1v) is 14.5. The predicted octanol–water partition coefficient (Wildman–Crippen LogP) is 6.39. The largest absolute Gasteiger partial charge is 0.478 e. The minimum Gasteiger partial charge on any atom is -0.478 e. The smallest absolute Gasteiger partial charge is 0.335 e. The predicted molar refractivity (Wildman–Crippen MR) is 175 cm³/mol. The Hall–Kier alpha value is -6.41. The fourth-order valence-corrected chi connectivity index (χ4v) is 6.59. The number of allylic oxidation sites excluding steroid dienone is 4. The third kappa shape index (κ3) is 3.83. The van der Waals surface area contributed by atoms with Crippen LogP contribution < -0.4 is 9.80 Å². The van der Waals surface area contributed by atoms with Crippen molar-refractivity contribution in [3.05, 3.63) is 143 Å². The average Bonchev–Trinajstić information content (AvgIpc) is 3.05. The van der Waals surface area contributed by atoms with Crippen molar-refractivity contribution in [2.45, 2.75) is 6.42 Å². The molecule has 0 aromatic heterocycles. The van der Waals surface area contributed by atoms with Crippen LogP contribution in [-0.4, -0.2) is 34.7 Å². The number of aromatic carboxylic acids is 1. The number of imide groups is 2. The molecule has 2 fully saturated rings. The Bertz CT molecular complexity index is 2340. The molecule has 2 heterocycles. The van der Waals surface area contributed by atoms with E-state index in [0.717, 1.165) is 37.2 Å². The van der Waals surface area contributed by atoms with Gasteiger partial charge in [-0.25, -0.2) is 14.6 Å². The van der Waals surface area contributed by atoms with E-state index in [4.69, 9.17) is 0 Å². The summed E-state index contributed by atoms with van der Waals surface area (Å²) in [6, 6.07) is 23.2. The third-order valence-electron chi connectivity index (χ3n) is 8.85. The van der Waals surface area contributed by atoms with E-state index >= 15 is 0 Å². The Labute approximate surface area is 261 Å². The molecule has 4 bridgehead atoms. The van der Waals surface area contributed by atoms with Crippen molar-refractivity contribution < 1.29 is 29.1 Å². The molecule has 3 aliphatic rings. The number of carboxylic acids is 1. The quantitative estimate of drug-likeness (QED) is 0.189. The molecule has 0 saturated carbocycles. The molecule has 0 spiro atoms. The number of carbonyl (C=O) groups excluding carboxylic acids is 4. The van der Waals surface area contributed by atoms with Gasteiger partial charge in [0, 0.05) is 34.1 Å². The van der Waals surface area contributed by atoms with Crippen LogP contribution in [0.5, 0.6) is 0 Å². The molecular weight excluding hydrogens is 580 g/mol. The van der Waals surface area contributed by atoms with Crippen LogP contribution in [0.4, 0.5) is 11.4 Å². The molecule has 2 aliphatic heterocycles. The summed E-state index contributed by atoms with van der Waals surface area (Å²) in [5.74, 6) is -3.67. The second-order valence-corrected chi connectivity index (χ2v) is 11.4. The number of hydrogen-bond acceptors (Lipinski definition) is 5. The van der Waals surface area contributed by atoms with Gasteiger partial charge in [0.25, 0.3) is 23.6 Å². The Morgan fingerprint density at radius 1 is 0.630 bits per heavy atom. The number of anilines is 2. The lowest BCUT2D eigenvalue weighted by Gasteiger charge is -2.32. The van der Waals surface area contributed by atoms with Crippen LogP contribution in [0.3, 0.4) is 0 Å². The summed E-state index contributed by atoms with van der Waals surface area (Å²) < 4.78 is 0. The van der Waals surface area contributed by atoms with Gasteiger partial charge >= 0.3 is 5.97 Å². The standard InChI is InChI=1S/C38H22N2O6/c1-20-28-14-11-24-18-25(12-15-29(20)37(44)39(36(28)43)27-7-3-6-26(19-27)38(45)46)35(42)40(34(24)41)31-17-13-23-9-8-21-4-2-5-22-10-16-30(31)33(23)32(21)22/h2-17,19H,1,18H2,(H,45,46)/b24-11+,25-12+,28-14+,29-15+. The van der Waals surface area contributed by atoms with Crippen LogP contribution in [0, 0.1) is 0 Å². The van der Waals surface area contributed by atoms with E-state index in [-0.39, 0.29) is 45.5 Å². The third-order valence-corrected chi connectivity index (χ3v) is 8.85. The molecule has 2 saturated heterocycles. The van der Waals surface area contributed by atoms with Crippen LogP contribution in [0.2, 0.25) is 0 Å². The maximum atomic E-state index is 14.1. The van der Waals surface area contributed by atoms with Crippen LogP contribution in [0.15, 0.2) is 138 Å². The van der Waals surface area contributed by atoms with E-state index in [9.17, 15) is 29.1 Å². The van der Waals surface area contributed by atoms with Crippen molar-refractivity contribution in [3.63, 3.8) is 0 Å². The lowest BCUT2D eigenvalue weighted by Crippen LogP contribution is -2.45. The maximum Gasteiger partial charge on any atom is 0.335 e. The van der Waals surface area contributed by atoms with Crippen LogP contribution in [0.25, 0.3) is 32.3 Å². The minimum atomic E-state index is -1.21. The van der Waals surface area contributed by atoms with Crippen molar-refractivity contribution in [2.75, 3.05) is 9.80 Å². The topological polar surface area (TPSA) is 112 Å². The fourth-order valence-electron chi connectivity index (χ4n) is 6.59. The molecule has 8 heteroatoms. The highest BCUT2D eigenvalue weighted by atomic mass is 16.4. The maximum absolute atomic E-state index is 14.1. The van der Waals surface area contributed by atoms with E-state index in [1.165, 1.54) is 53.5 Å². The number of rotatable bonds is 3. The second-order valence-electron chi connectivity index (χ2n) is 11.4. The van der Waals surface area contributed by atoms with E-state index in [1.807, 2.05) is 42.5 Å². The van der Waals surface area contributed by atoms with Crippen molar-refractivity contribution in [3.8, 4) is 0 Å². The molecular formula is C38H22N2O6. The summed E-state index contributed by atoms with van der Waals surface area (Å²) >= 11 is 0. The zero-order chi connectivity index (χ0) is 31.9. The van der Waals surface area contributed by atoms with Crippen LogP contribution in [0.1, 0.15) is 16.8 Å². The van der Waals surface area contributed by atoms with Gasteiger partial charge < -0.3 is 5.11 Å². The summed E-state index contributed by atoms with van der Waals surface area (Å²) in [6.07, 6.45) is 5.87. The lowest BCUT2D eigenvalue weighted by molar-refractivity contribution is -0.125. The molecule has 0 radical (unpaired) electrons. The Kier molecular flexibility index (Phi) is 5.79. The molecule has 1 aliphatic carbocycles. The molecule has 0 atom stereocenters. The number of carbonyl (C=O) groups is 5. The van der Waals surface area contributed by atoms with Crippen molar-refractivity contribution in [1.82, 2.24) is 0 Å². The highest BCUT2D eigenvalue weighted by Crippen LogP contribution is 2.41. The minimum absolute atomic E-state index is 0.00673. The van der Waals surface area contributed by atoms with E-state index in [1.54, 1.807) is 6.07 Å². The second kappa shape index (κ2) is 9.80. The van der Waals surface area contributed by atoms with Crippen LogP contribution in [-0.2, 0) is 19.2 Å². The first kappa shape index (κ1) is 27.2. The number of hydrogen-bond donors (Lipinski definition) is 1. The van der Waals surface area contributed by atoms with Crippen molar-refractivity contribution >= 4 is 73.3 Å². The molecule has 5 aromatic rings. The summed E-state index contributed by atoms with van der Waals surface area (Å²) in [5.41, 5.74) is 1.24. The lowest BCUT2D eigenvalue weighted by atomic mass is 9.87. The van der Waals surface area contributed by atoms with Gasteiger partial charge in [-0.05, 0) is 68.9 Å². The van der Waals surface area contributed by atoms with Gasteiger partial charge in [0.2, 0.25) is 0 Å². The van der Waals surface area contributed by atoms with E-state index in [2.05, 4.69) is 12.6 Å². The number of nitrogens with zero attached hydrogens (tertiary/aromatic N) is 2. The van der Waals surface area contributed by atoms with Gasteiger partial charge in [0.05, 0.1) is 16.9 Å². The molecule has 46 heavy (non-hydrogen) atoms. The monoisotopic (exact) mass is 602 g/mol. The normalized spacial score (nSPS) is 21.5. The number of piperidine rings is 2. The van der Waals surface area contributed by atoms with Crippen LogP contribution >= 0.6 is 0 Å². The zero-order valence-corrected chi connectivity index (χ0v) is 24.1. The Morgan fingerprint density at radius 3 is 1.83 bits per heavy atom. The van der Waals surface area contributed by atoms with Crippen molar-refractivity contribution in [2.24, 2.45) is 0 Å². The first-order chi connectivity index (χ1) is 22.2. The van der Waals surface area contributed by atoms with Gasteiger partial charge in [0.1, 0.15) is 0 Å². The molecule has 8 rings (SSSR count). The summed E-state index contributed by atoms with van der Waals surface area (Å²) in [6.45, 7) is 3.98. The summed E-state index contributed by atoms with van der Waals surface area (Å²) in [5, 5.41) is 15.3. The SMILES string of the molecule is C=C1/C2=C\C=C3/C/C(=C\C=C/1C(=O)N(c1cccc(C(=O)O)c1)C2=O)C(=O)N(c1ccc2ccc4cccc5ccc1c2c45)C3=O. The Morgan fingerprint density at radius 2 is 1.20 bits per heavy atom. The van der Waals surface area contributed by atoms with Gasteiger partial charge in [-0.15, -0.1) is 0 Å². The molecule has 5 aromatic carbocycles. The highest BCUT2D eigenvalue weighted by Gasteiger charge is 2.40. The fraction of sp³-hybridized carbons (Fsp3) is 0.0263. The Balaban J connectivity index is 1.28. The van der Waals surface area contributed by atoms with Gasteiger partial charge in [0.15, 0.2) is 0 Å². The number of carboxylic acid groups (broad SMARTS) is 1. The molecule has 4 amide bonds. The number of fused-ring (bicyclic) bond motifs is 4. The highest BCUT2D eigenvalue weighted by molar-refractivity contribution is 6.35. The van der Waals surface area contributed by atoms with Gasteiger partial charge in [-0.3, -0.25) is 19.2 Å². The van der Waals surface area contributed by atoms with E-state index < -0.39 is 29.6 Å².